The Labute approximate surface area is 110 Å². The smallest absolute Gasteiger partial charge is 0.124 e. The van der Waals surface area contributed by atoms with E-state index < -0.39 is 0 Å². The summed E-state index contributed by atoms with van der Waals surface area (Å²) in [4.78, 5) is 3.98. The molecule has 1 aromatic heterocycles. The van der Waals surface area contributed by atoms with E-state index in [1.54, 1.807) is 43.8 Å². The van der Waals surface area contributed by atoms with Crippen molar-refractivity contribution < 1.29 is 9.84 Å². The van der Waals surface area contributed by atoms with Crippen LogP contribution in [0.5, 0.6) is 11.5 Å². The van der Waals surface area contributed by atoms with Crippen LogP contribution in [0.1, 0.15) is 5.56 Å². The molecule has 0 bridgehead atoms. The van der Waals surface area contributed by atoms with Gasteiger partial charge in [-0.15, -0.1) is 0 Å². The highest BCUT2D eigenvalue weighted by Gasteiger charge is 2.04. The number of halogens is 1. The maximum absolute atomic E-state index is 9.80. The van der Waals surface area contributed by atoms with Crippen LogP contribution in [0.15, 0.2) is 36.7 Å². The number of aromatic nitrogens is 1. The Hall–Kier alpha value is -1.94. The predicted molar refractivity (Wildman–Crippen MR) is 71.2 cm³/mol. The molecule has 0 saturated carbocycles. The van der Waals surface area contributed by atoms with E-state index in [4.69, 9.17) is 16.3 Å². The highest BCUT2D eigenvalue weighted by Crippen LogP contribution is 2.25. The number of benzene rings is 1. The van der Waals surface area contributed by atoms with Gasteiger partial charge in [-0.05, 0) is 18.2 Å². The van der Waals surface area contributed by atoms with Crippen LogP contribution in [0.3, 0.4) is 0 Å². The number of nitrogens with zero attached hydrogens (tertiary/aromatic N) is 1. The van der Waals surface area contributed by atoms with Crippen LogP contribution in [0.25, 0.3) is 0 Å². The largest absolute Gasteiger partial charge is 0.507 e. The normalized spacial score (nSPS) is 10.1. The number of phenols is 1. The molecule has 1 aromatic carbocycles. The molecule has 0 aliphatic heterocycles. The van der Waals surface area contributed by atoms with E-state index in [1.807, 2.05) is 0 Å². The summed E-state index contributed by atoms with van der Waals surface area (Å²) >= 11 is 5.99. The van der Waals surface area contributed by atoms with Crippen molar-refractivity contribution in [2.45, 2.75) is 6.54 Å². The number of aromatic hydroxyl groups is 1. The molecule has 0 aliphatic rings. The van der Waals surface area contributed by atoms with E-state index in [9.17, 15) is 5.11 Å². The van der Waals surface area contributed by atoms with Crippen molar-refractivity contribution in [1.29, 1.82) is 0 Å². The predicted octanol–water partition coefficient (Wildman–Crippen LogP) is 3.06. The van der Waals surface area contributed by atoms with Gasteiger partial charge in [-0.3, -0.25) is 4.98 Å². The van der Waals surface area contributed by atoms with Gasteiger partial charge in [0.1, 0.15) is 11.5 Å². The van der Waals surface area contributed by atoms with Crippen molar-refractivity contribution in [2.75, 3.05) is 12.4 Å². The van der Waals surface area contributed by atoms with Gasteiger partial charge in [-0.2, -0.15) is 0 Å². The van der Waals surface area contributed by atoms with E-state index in [0.717, 1.165) is 11.3 Å². The Balaban J connectivity index is 2.09. The molecular weight excluding hydrogens is 252 g/mol. The fourth-order valence-electron chi connectivity index (χ4n) is 1.52. The Kier molecular flexibility index (Phi) is 3.89. The standard InChI is InChI=1S/C13H13ClN2O2/c1-18-10-3-2-9(13(17)6-10)7-16-12-8-15-5-4-11(12)14/h2-6,8,16-17H,7H2,1H3. The van der Waals surface area contributed by atoms with Crippen LogP contribution >= 0.6 is 11.6 Å². The molecule has 0 radical (unpaired) electrons. The highest BCUT2D eigenvalue weighted by atomic mass is 35.5. The van der Waals surface area contributed by atoms with Gasteiger partial charge in [0.15, 0.2) is 0 Å². The average molecular weight is 265 g/mol. The molecule has 0 atom stereocenters. The van der Waals surface area contributed by atoms with E-state index >= 15 is 0 Å². The molecule has 0 amide bonds. The molecule has 2 N–H and O–H groups in total. The fraction of sp³-hybridized carbons (Fsp3) is 0.154. The molecule has 0 saturated heterocycles. The Morgan fingerprint density at radius 3 is 2.89 bits per heavy atom. The van der Waals surface area contributed by atoms with Gasteiger partial charge < -0.3 is 15.2 Å². The van der Waals surface area contributed by atoms with Crippen LogP contribution in [-0.2, 0) is 6.54 Å². The third-order valence-corrected chi connectivity index (χ3v) is 2.86. The topological polar surface area (TPSA) is 54.4 Å². The lowest BCUT2D eigenvalue weighted by atomic mass is 10.2. The molecule has 18 heavy (non-hydrogen) atoms. The fourth-order valence-corrected chi connectivity index (χ4v) is 1.69. The minimum Gasteiger partial charge on any atom is -0.507 e. The number of hydrogen-bond acceptors (Lipinski definition) is 4. The molecule has 2 aromatic rings. The molecule has 4 nitrogen and oxygen atoms in total. The number of ether oxygens (including phenoxy) is 1. The second-order valence-electron chi connectivity index (χ2n) is 3.70. The minimum atomic E-state index is 0.182. The van der Waals surface area contributed by atoms with Crippen molar-refractivity contribution in [2.24, 2.45) is 0 Å². The number of methoxy groups -OCH3 is 1. The second kappa shape index (κ2) is 5.60. The maximum Gasteiger partial charge on any atom is 0.124 e. The molecule has 94 valence electrons. The lowest BCUT2D eigenvalue weighted by molar-refractivity contribution is 0.406. The lowest BCUT2D eigenvalue weighted by Crippen LogP contribution is -2.00. The van der Waals surface area contributed by atoms with Crippen LogP contribution in [0.2, 0.25) is 5.02 Å². The molecule has 1 heterocycles. The quantitative estimate of drug-likeness (QED) is 0.891. The molecule has 0 fully saturated rings. The number of rotatable bonds is 4. The molecule has 0 unspecified atom stereocenters. The van der Waals surface area contributed by atoms with Gasteiger partial charge in [0, 0.05) is 24.4 Å². The Morgan fingerprint density at radius 1 is 1.39 bits per heavy atom. The summed E-state index contributed by atoms with van der Waals surface area (Å²) in [5.74, 6) is 0.803. The van der Waals surface area contributed by atoms with E-state index in [2.05, 4.69) is 10.3 Å². The summed E-state index contributed by atoms with van der Waals surface area (Å²) in [6.07, 6.45) is 3.27. The summed E-state index contributed by atoms with van der Waals surface area (Å²) in [5, 5.41) is 13.5. The third kappa shape index (κ3) is 2.84. The van der Waals surface area contributed by atoms with Crippen LogP contribution in [0, 0.1) is 0 Å². The number of pyridine rings is 1. The third-order valence-electron chi connectivity index (χ3n) is 2.53. The molecule has 0 spiro atoms. The van der Waals surface area contributed by atoms with Crippen molar-refractivity contribution in [3.8, 4) is 11.5 Å². The molecular formula is C13H13ClN2O2. The monoisotopic (exact) mass is 264 g/mol. The van der Waals surface area contributed by atoms with Crippen LogP contribution < -0.4 is 10.1 Å². The first-order valence-corrected chi connectivity index (χ1v) is 5.78. The number of nitrogens with one attached hydrogen (secondary N) is 1. The molecule has 2 rings (SSSR count). The van der Waals surface area contributed by atoms with Crippen molar-refractivity contribution >= 4 is 17.3 Å². The zero-order valence-electron chi connectivity index (χ0n) is 9.85. The summed E-state index contributed by atoms with van der Waals surface area (Å²) < 4.78 is 5.02. The first-order valence-electron chi connectivity index (χ1n) is 5.40. The minimum absolute atomic E-state index is 0.182. The lowest BCUT2D eigenvalue weighted by Gasteiger charge is -2.10. The zero-order valence-corrected chi connectivity index (χ0v) is 10.6. The van der Waals surface area contributed by atoms with Crippen molar-refractivity contribution in [1.82, 2.24) is 4.98 Å². The number of anilines is 1. The van der Waals surface area contributed by atoms with Crippen molar-refractivity contribution in [3.05, 3.63) is 47.2 Å². The molecule has 0 aliphatic carbocycles. The van der Waals surface area contributed by atoms with Gasteiger partial charge in [-0.25, -0.2) is 0 Å². The zero-order chi connectivity index (χ0) is 13.0. The van der Waals surface area contributed by atoms with E-state index in [-0.39, 0.29) is 5.75 Å². The first-order chi connectivity index (χ1) is 8.70. The summed E-state index contributed by atoms with van der Waals surface area (Å²) in [5.41, 5.74) is 1.49. The first kappa shape index (κ1) is 12.5. The van der Waals surface area contributed by atoms with Gasteiger partial charge >= 0.3 is 0 Å². The summed E-state index contributed by atoms with van der Waals surface area (Å²) in [6, 6.07) is 6.87. The second-order valence-corrected chi connectivity index (χ2v) is 4.11. The maximum atomic E-state index is 9.80. The van der Waals surface area contributed by atoms with Crippen molar-refractivity contribution in [3.63, 3.8) is 0 Å². The number of phenolic OH excluding ortho intramolecular Hbond substituents is 1. The van der Waals surface area contributed by atoms with Gasteiger partial charge in [0.25, 0.3) is 0 Å². The van der Waals surface area contributed by atoms with E-state index in [0.29, 0.717) is 17.3 Å². The van der Waals surface area contributed by atoms with Gasteiger partial charge in [0.05, 0.1) is 24.0 Å². The average Bonchev–Trinajstić information content (AvgIpc) is 2.39. The molecule has 5 heteroatoms. The van der Waals surface area contributed by atoms with Gasteiger partial charge in [-0.1, -0.05) is 11.6 Å². The van der Waals surface area contributed by atoms with Crippen LogP contribution in [-0.4, -0.2) is 17.2 Å². The summed E-state index contributed by atoms with van der Waals surface area (Å²) in [7, 11) is 1.56. The van der Waals surface area contributed by atoms with E-state index in [1.165, 1.54) is 0 Å². The Bertz CT molecular complexity index is 546. The number of hydrogen-bond donors (Lipinski definition) is 2. The SMILES string of the molecule is COc1ccc(CNc2cnccc2Cl)c(O)c1. The summed E-state index contributed by atoms with van der Waals surface area (Å²) in [6.45, 7) is 0.460. The van der Waals surface area contributed by atoms with Crippen LogP contribution in [0.4, 0.5) is 5.69 Å². The Morgan fingerprint density at radius 2 is 2.22 bits per heavy atom. The highest BCUT2D eigenvalue weighted by molar-refractivity contribution is 6.33. The van der Waals surface area contributed by atoms with Gasteiger partial charge in [0.2, 0.25) is 0 Å².